The van der Waals surface area contributed by atoms with Gasteiger partial charge in [0.15, 0.2) is 0 Å². The largest absolute Gasteiger partial charge is 0.487 e. The van der Waals surface area contributed by atoms with Crippen LogP contribution in [0.5, 0.6) is 5.75 Å². The lowest BCUT2D eigenvalue weighted by Gasteiger charge is -2.41. The molecule has 0 aliphatic heterocycles. The molecule has 4 nitrogen and oxygen atoms in total. The topological polar surface area (TPSA) is 52.6 Å². The third-order valence-electron chi connectivity index (χ3n) is 4.01. The summed E-state index contributed by atoms with van der Waals surface area (Å²) >= 11 is 0. The number of benzene rings is 1. The van der Waals surface area contributed by atoms with Crippen molar-refractivity contribution in [1.82, 2.24) is 0 Å². The summed E-state index contributed by atoms with van der Waals surface area (Å²) in [6.45, 7) is 13.0. The SMILES string of the molecule is C=CC(=O)OC(C)(C)C(C)C(C)(C)Oc1ccc(C=O)cc1. The van der Waals surface area contributed by atoms with Gasteiger partial charge in [-0.05, 0) is 52.0 Å². The smallest absolute Gasteiger partial charge is 0.330 e. The van der Waals surface area contributed by atoms with Crippen molar-refractivity contribution in [3.8, 4) is 5.75 Å². The summed E-state index contributed by atoms with van der Waals surface area (Å²) < 4.78 is 11.5. The second kappa shape index (κ2) is 6.77. The fraction of sp³-hybridized carbons (Fsp3) is 0.444. The van der Waals surface area contributed by atoms with E-state index >= 15 is 0 Å². The molecule has 0 aliphatic carbocycles. The van der Waals surface area contributed by atoms with Crippen LogP contribution < -0.4 is 4.74 Å². The van der Waals surface area contributed by atoms with Crippen LogP contribution in [-0.2, 0) is 9.53 Å². The van der Waals surface area contributed by atoms with Gasteiger partial charge in [-0.1, -0.05) is 13.5 Å². The number of hydrogen-bond donors (Lipinski definition) is 0. The van der Waals surface area contributed by atoms with Crippen LogP contribution in [0.15, 0.2) is 36.9 Å². The number of ether oxygens (including phenoxy) is 2. The van der Waals surface area contributed by atoms with Crippen LogP contribution in [0.3, 0.4) is 0 Å². The first-order valence-electron chi connectivity index (χ1n) is 7.22. The third kappa shape index (κ3) is 4.45. The van der Waals surface area contributed by atoms with Gasteiger partial charge in [0.05, 0.1) is 0 Å². The molecule has 0 saturated carbocycles. The van der Waals surface area contributed by atoms with Crippen LogP contribution in [0.1, 0.15) is 45.0 Å². The Labute approximate surface area is 132 Å². The van der Waals surface area contributed by atoms with Crippen molar-refractivity contribution < 1.29 is 19.1 Å². The molecule has 0 N–H and O–H groups in total. The zero-order chi connectivity index (χ0) is 17.0. The molecule has 0 aliphatic rings. The van der Waals surface area contributed by atoms with Crippen molar-refractivity contribution in [2.45, 2.75) is 45.8 Å². The summed E-state index contributed by atoms with van der Waals surface area (Å²) in [4.78, 5) is 22.2. The van der Waals surface area contributed by atoms with Gasteiger partial charge in [0.1, 0.15) is 23.2 Å². The highest BCUT2D eigenvalue weighted by Crippen LogP contribution is 2.34. The zero-order valence-electron chi connectivity index (χ0n) is 13.9. The standard InChI is InChI=1S/C18H24O4/c1-7-16(20)22-18(5,6)13(2)17(3,4)21-15-10-8-14(12-19)9-11-15/h7-13H,1H2,2-6H3. The Morgan fingerprint density at radius 1 is 1.14 bits per heavy atom. The Bertz CT molecular complexity index is 541. The van der Waals surface area contributed by atoms with Gasteiger partial charge in [0.25, 0.3) is 0 Å². The normalized spacial score (nSPS) is 13.1. The molecule has 0 heterocycles. The van der Waals surface area contributed by atoms with E-state index < -0.39 is 17.2 Å². The van der Waals surface area contributed by atoms with Gasteiger partial charge >= 0.3 is 5.97 Å². The summed E-state index contributed by atoms with van der Waals surface area (Å²) in [5.74, 6) is 0.117. The maximum Gasteiger partial charge on any atom is 0.330 e. The number of esters is 1. The molecule has 0 amide bonds. The summed E-state index contributed by atoms with van der Waals surface area (Å²) in [5.41, 5.74) is -0.691. The minimum absolute atomic E-state index is 0.0883. The minimum atomic E-state index is -0.711. The zero-order valence-corrected chi connectivity index (χ0v) is 13.9. The fourth-order valence-corrected chi connectivity index (χ4v) is 2.23. The molecule has 1 atom stereocenters. The molecular formula is C18H24O4. The van der Waals surface area contributed by atoms with Gasteiger partial charge < -0.3 is 9.47 Å². The van der Waals surface area contributed by atoms with Crippen molar-refractivity contribution >= 4 is 12.3 Å². The van der Waals surface area contributed by atoms with Gasteiger partial charge in [-0.15, -0.1) is 0 Å². The average Bonchev–Trinajstić information content (AvgIpc) is 2.46. The Kier molecular flexibility index (Phi) is 5.53. The molecule has 0 spiro atoms. The molecule has 0 fully saturated rings. The lowest BCUT2D eigenvalue weighted by atomic mass is 9.80. The molecule has 1 aromatic rings. The van der Waals surface area contributed by atoms with Crippen LogP contribution in [-0.4, -0.2) is 23.5 Å². The van der Waals surface area contributed by atoms with Crippen molar-refractivity contribution in [2.75, 3.05) is 0 Å². The molecule has 0 radical (unpaired) electrons. The molecule has 120 valence electrons. The molecule has 1 aromatic carbocycles. The second-order valence-corrected chi connectivity index (χ2v) is 6.34. The van der Waals surface area contributed by atoms with E-state index in [1.165, 1.54) is 0 Å². The van der Waals surface area contributed by atoms with Crippen molar-refractivity contribution in [3.63, 3.8) is 0 Å². The number of aldehydes is 1. The van der Waals surface area contributed by atoms with Crippen LogP contribution in [0, 0.1) is 5.92 Å². The molecule has 22 heavy (non-hydrogen) atoms. The Morgan fingerprint density at radius 3 is 2.14 bits per heavy atom. The molecule has 1 rings (SSSR count). The molecular weight excluding hydrogens is 280 g/mol. The van der Waals surface area contributed by atoms with E-state index in [9.17, 15) is 9.59 Å². The number of carbonyl (C=O) groups is 2. The van der Waals surface area contributed by atoms with Crippen LogP contribution in [0.4, 0.5) is 0 Å². The predicted octanol–water partition coefficient (Wildman–Crippen LogP) is 3.80. The Hall–Kier alpha value is -2.10. The molecule has 0 aromatic heterocycles. The van der Waals surface area contributed by atoms with E-state index in [0.717, 1.165) is 12.4 Å². The molecule has 0 bridgehead atoms. The van der Waals surface area contributed by atoms with Crippen molar-refractivity contribution in [1.29, 1.82) is 0 Å². The Morgan fingerprint density at radius 2 is 1.68 bits per heavy atom. The van der Waals surface area contributed by atoms with Crippen molar-refractivity contribution in [2.24, 2.45) is 5.92 Å². The Balaban J connectivity index is 2.88. The highest BCUT2D eigenvalue weighted by Gasteiger charge is 2.41. The first-order valence-corrected chi connectivity index (χ1v) is 7.22. The number of rotatable bonds is 7. The third-order valence-corrected chi connectivity index (χ3v) is 4.01. The molecule has 0 saturated heterocycles. The lowest BCUT2D eigenvalue weighted by Crippen LogP contribution is -2.49. The van der Waals surface area contributed by atoms with Crippen LogP contribution >= 0.6 is 0 Å². The van der Waals surface area contributed by atoms with Crippen molar-refractivity contribution in [3.05, 3.63) is 42.5 Å². The van der Waals surface area contributed by atoms with E-state index in [0.29, 0.717) is 11.3 Å². The van der Waals surface area contributed by atoms with E-state index in [1.807, 2.05) is 34.6 Å². The summed E-state index contributed by atoms with van der Waals surface area (Å²) in [6.07, 6.45) is 1.94. The second-order valence-electron chi connectivity index (χ2n) is 6.34. The van der Waals surface area contributed by atoms with E-state index in [4.69, 9.17) is 9.47 Å². The number of carbonyl (C=O) groups excluding carboxylic acids is 2. The maximum atomic E-state index is 11.5. The van der Waals surface area contributed by atoms with Gasteiger partial charge in [-0.25, -0.2) is 4.79 Å². The first kappa shape index (κ1) is 18.0. The molecule has 4 heteroatoms. The van der Waals surface area contributed by atoms with Gasteiger partial charge in [0, 0.05) is 17.6 Å². The average molecular weight is 304 g/mol. The monoisotopic (exact) mass is 304 g/mol. The molecule has 1 unspecified atom stereocenters. The van der Waals surface area contributed by atoms with Crippen LogP contribution in [0.25, 0.3) is 0 Å². The van der Waals surface area contributed by atoms with Crippen LogP contribution in [0.2, 0.25) is 0 Å². The highest BCUT2D eigenvalue weighted by atomic mass is 16.6. The van der Waals surface area contributed by atoms with Gasteiger partial charge in [0.2, 0.25) is 0 Å². The predicted molar refractivity (Wildman–Crippen MR) is 86.1 cm³/mol. The highest BCUT2D eigenvalue weighted by molar-refractivity contribution is 5.81. The fourth-order valence-electron chi connectivity index (χ4n) is 2.23. The first-order chi connectivity index (χ1) is 10.1. The van der Waals surface area contributed by atoms with Gasteiger partial charge in [-0.2, -0.15) is 0 Å². The van der Waals surface area contributed by atoms with E-state index in [2.05, 4.69) is 6.58 Å². The summed E-state index contributed by atoms with van der Waals surface area (Å²) in [6, 6.07) is 6.90. The number of hydrogen-bond acceptors (Lipinski definition) is 4. The van der Waals surface area contributed by atoms with Gasteiger partial charge in [-0.3, -0.25) is 4.79 Å². The quantitative estimate of drug-likeness (QED) is 0.437. The van der Waals surface area contributed by atoms with E-state index in [1.54, 1.807) is 24.3 Å². The minimum Gasteiger partial charge on any atom is -0.487 e. The summed E-state index contributed by atoms with van der Waals surface area (Å²) in [7, 11) is 0. The maximum absolute atomic E-state index is 11.5. The van der Waals surface area contributed by atoms with E-state index in [-0.39, 0.29) is 5.92 Å². The lowest BCUT2D eigenvalue weighted by molar-refractivity contribution is -0.162. The summed E-state index contributed by atoms with van der Waals surface area (Å²) in [5, 5.41) is 0.